The Morgan fingerprint density at radius 1 is 1.06 bits per heavy atom. The number of nitrogens with one attached hydrogen (secondary N) is 1. The van der Waals surface area contributed by atoms with E-state index < -0.39 is 5.60 Å². The second kappa shape index (κ2) is 8.43. The molecule has 4 rings (SSSR count). The van der Waals surface area contributed by atoms with Gasteiger partial charge in [-0.1, -0.05) is 28.1 Å². The summed E-state index contributed by atoms with van der Waals surface area (Å²) in [4.78, 5) is 17.7. The lowest BCUT2D eigenvalue weighted by Crippen LogP contribution is -2.42. The van der Waals surface area contributed by atoms with Crippen LogP contribution in [0.4, 0.5) is 5.69 Å². The summed E-state index contributed by atoms with van der Waals surface area (Å²) in [7, 11) is 0. The van der Waals surface area contributed by atoms with Crippen molar-refractivity contribution in [2.45, 2.75) is 40.2 Å². The zero-order valence-electron chi connectivity index (χ0n) is 18.7. The number of benzene rings is 3. The maximum absolute atomic E-state index is 13.0. The number of carbonyl (C=O) groups is 1. The van der Waals surface area contributed by atoms with E-state index in [4.69, 9.17) is 9.15 Å². The number of fused-ring (bicyclic) bond motifs is 1. The Morgan fingerprint density at radius 3 is 2.50 bits per heavy atom. The number of carbonyl (C=O) groups excluding carboxylic acids is 1. The molecule has 6 heteroatoms. The van der Waals surface area contributed by atoms with E-state index in [0.717, 1.165) is 37.8 Å². The number of ether oxygens (including phenoxy) is 1. The summed E-state index contributed by atoms with van der Waals surface area (Å²) in [5.74, 6) is 0.910. The van der Waals surface area contributed by atoms with Crippen molar-refractivity contribution >= 4 is 38.6 Å². The molecule has 1 N–H and O–H groups in total. The predicted molar refractivity (Wildman–Crippen MR) is 131 cm³/mol. The van der Waals surface area contributed by atoms with Crippen molar-refractivity contribution in [3.63, 3.8) is 0 Å². The molecule has 32 heavy (non-hydrogen) atoms. The molecule has 0 aliphatic carbocycles. The van der Waals surface area contributed by atoms with Gasteiger partial charge in [-0.3, -0.25) is 4.79 Å². The zero-order chi connectivity index (χ0) is 23.0. The van der Waals surface area contributed by atoms with Crippen molar-refractivity contribution in [1.29, 1.82) is 0 Å². The van der Waals surface area contributed by atoms with E-state index in [1.165, 1.54) is 0 Å². The van der Waals surface area contributed by atoms with Crippen LogP contribution in [0.25, 0.3) is 22.6 Å². The molecule has 1 aromatic heterocycles. The lowest BCUT2D eigenvalue weighted by atomic mass is 10.0. The first-order chi connectivity index (χ1) is 15.1. The van der Waals surface area contributed by atoms with Crippen LogP contribution in [0.3, 0.4) is 0 Å². The Bertz CT molecular complexity index is 1310. The summed E-state index contributed by atoms with van der Waals surface area (Å²) in [5, 5.41) is 3.00. The molecular formula is C26H25BrN2O3. The molecule has 0 fully saturated rings. The zero-order valence-corrected chi connectivity index (χ0v) is 20.3. The van der Waals surface area contributed by atoms with Gasteiger partial charge < -0.3 is 14.5 Å². The summed E-state index contributed by atoms with van der Waals surface area (Å²) in [5.41, 5.74) is 5.13. The largest absolute Gasteiger partial charge is 0.478 e. The van der Waals surface area contributed by atoms with E-state index in [1.807, 2.05) is 69.3 Å². The molecule has 0 saturated carbocycles. The van der Waals surface area contributed by atoms with Gasteiger partial charge in [0.1, 0.15) is 11.3 Å². The molecule has 164 valence electrons. The van der Waals surface area contributed by atoms with Gasteiger partial charge in [0.2, 0.25) is 5.89 Å². The number of hydrogen-bond acceptors (Lipinski definition) is 4. The first kappa shape index (κ1) is 22.1. The number of aryl methyl sites for hydroxylation is 2. The third-order valence-corrected chi connectivity index (χ3v) is 5.89. The van der Waals surface area contributed by atoms with Crippen LogP contribution < -0.4 is 10.1 Å². The van der Waals surface area contributed by atoms with Crippen molar-refractivity contribution in [1.82, 2.24) is 4.98 Å². The normalized spacial score (nSPS) is 11.6. The minimum absolute atomic E-state index is 0.246. The first-order valence-electron chi connectivity index (χ1n) is 10.4. The Labute approximate surface area is 195 Å². The Kier molecular flexibility index (Phi) is 5.82. The summed E-state index contributed by atoms with van der Waals surface area (Å²) in [6, 6.07) is 17.2. The first-order valence-corrected chi connectivity index (χ1v) is 11.2. The van der Waals surface area contributed by atoms with Crippen LogP contribution in [-0.2, 0) is 4.79 Å². The van der Waals surface area contributed by atoms with Gasteiger partial charge in [0.15, 0.2) is 11.2 Å². The standard InChI is InChI=1S/C26H25BrN2O3/c1-15-13-16(2)23-22(14-15)28-24(31-23)20-7-6-8-21(17(20)3)29-25(30)26(4,5)32-19-11-9-18(27)10-12-19/h6-14H,1-5H3,(H,29,30). The van der Waals surface area contributed by atoms with Gasteiger partial charge in [-0.15, -0.1) is 0 Å². The van der Waals surface area contributed by atoms with E-state index in [-0.39, 0.29) is 5.91 Å². The van der Waals surface area contributed by atoms with Crippen LogP contribution >= 0.6 is 15.9 Å². The summed E-state index contributed by atoms with van der Waals surface area (Å²) < 4.78 is 13.0. The molecular weight excluding hydrogens is 468 g/mol. The van der Waals surface area contributed by atoms with Crippen LogP contribution in [0.5, 0.6) is 5.75 Å². The van der Waals surface area contributed by atoms with Crippen LogP contribution in [-0.4, -0.2) is 16.5 Å². The lowest BCUT2D eigenvalue weighted by Gasteiger charge is -2.26. The van der Waals surface area contributed by atoms with Gasteiger partial charge in [0, 0.05) is 15.7 Å². The van der Waals surface area contributed by atoms with E-state index in [1.54, 1.807) is 13.8 Å². The maximum Gasteiger partial charge on any atom is 0.267 e. The fourth-order valence-corrected chi connectivity index (χ4v) is 3.88. The molecule has 0 aliphatic rings. The average Bonchev–Trinajstić information content (AvgIpc) is 3.15. The second-order valence-electron chi connectivity index (χ2n) is 8.45. The number of nitrogens with zero attached hydrogens (tertiary/aromatic N) is 1. The average molecular weight is 493 g/mol. The van der Waals surface area contributed by atoms with Gasteiger partial charge in [0.25, 0.3) is 5.91 Å². The monoisotopic (exact) mass is 492 g/mol. The number of oxazole rings is 1. The van der Waals surface area contributed by atoms with Gasteiger partial charge in [0.05, 0.1) is 0 Å². The topological polar surface area (TPSA) is 64.4 Å². The number of hydrogen-bond donors (Lipinski definition) is 1. The SMILES string of the molecule is Cc1cc(C)c2oc(-c3cccc(NC(=O)C(C)(C)Oc4ccc(Br)cc4)c3C)nc2c1. The van der Waals surface area contributed by atoms with E-state index in [2.05, 4.69) is 32.3 Å². The quantitative estimate of drug-likeness (QED) is 0.326. The third-order valence-electron chi connectivity index (χ3n) is 5.37. The van der Waals surface area contributed by atoms with Crippen molar-refractivity contribution in [3.8, 4) is 17.2 Å². The van der Waals surface area contributed by atoms with Gasteiger partial charge in [-0.2, -0.15) is 0 Å². The van der Waals surface area contributed by atoms with E-state index in [9.17, 15) is 4.79 Å². The second-order valence-corrected chi connectivity index (χ2v) is 9.36. The smallest absolute Gasteiger partial charge is 0.267 e. The number of halogens is 1. The highest BCUT2D eigenvalue weighted by molar-refractivity contribution is 9.10. The van der Waals surface area contributed by atoms with Crippen molar-refractivity contribution in [2.24, 2.45) is 0 Å². The van der Waals surface area contributed by atoms with E-state index >= 15 is 0 Å². The van der Waals surface area contributed by atoms with Crippen molar-refractivity contribution < 1.29 is 13.9 Å². The molecule has 3 aromatic carbocycles. The number of aromatic nitrogens is 1. The summed E-state index contributed by atoms with van der Waals surface area (Å²) >= 11 is 3.40. The molecule has 1 heterocycles. The van der Waals surface area contributed by atoms with Gasteiger partial charge >= 0.3 is 0 Å². The minimum atomic E-state index is -1.07. The fraction of sp³-hybridized carbons (Fsp3) is 0.231. The van der Waals surface area contributed by atoms with Gasteiger partial charge in [-0.25, -0.2) is 4.98 Å². The molecule has 0 radical (unpaired) electrons. The predicted octanol–water partition coefficient (Wildman–Crippen LogP) is 6.98. The number of rotatable bonds is 5. The summed E-state index contributed by atoms with van der Waals surface area (Å²) in [6.45, 7) is 9.49. The van der Waals surface area contributed by atoms with Gasteiger partial charge in [-0.05, 0) is 93.8 Å². The Morgan fingerprint density at radius 2 is 1.78 bits per heavy atom. The lowest BCUT2D eigenvalue weighted by molar-refractivity contribution is -0.128. The van der Waals surface area contributed by atoms with Crippen molar-refractivity contribution in [3.05, 3.63) is 75.8 Å². The molecule has 0 saturated heterocycles. The fourth-order valence-electron chi connectivity index (χ4n) is 3.61. The number of anilines is 1. The molecule has 0 spiro atoms. The molecule has 0 aliphatic heterocycles. The van der Waals surface area contributed by atoms with Crippen LogP contribution in [0.1, 0.15) is 30.5 Å². The minimum Gasteiger partial charge on any atom is -0.478 e. The Balaban J connectivity index is 1.60. The molecule has 5 nitrogen and oxygen atoms in total. The highest BCUT2D eigenvalue weighted by atomic mass is 79.9. The van der Waals surface area contributed by atoms with Crippen molar-refractivity contribution in [2.75, 3.05) is 5.32 Å². The molecule has 0 bridgehead atoms. The maximum atomic E-state index is 13.0. The van der Waals surface area contributed by atoms with E-state index in [0.29, 0.717) is 17.3 Å². The summed E-state index contributed by atoms with van der Waals surface area (Å²) in [6.07, 6.45) is 0. The van der Waals surface area contributed by atoms with Crippen LogP contribution in [0, 0.1) is 20.8 Å². The molecule has 1 amide bonds. The third kappa shape index (κ3) is 4.41. The molecule has 0 atom stereocenters. The highest BCUT2D eigenvalue weighted by Crippen LogP contribution is 2.32. The Hall–Kier alpha value is -3.12. The molecule has 0 unspecified atom stereocenters. The van der Waals surface area contributed by atoms with Crippen LogP contribution in [0.2, 0.25) is 0 Å². The highest BCUT2D eigenvalue weighted by Gasteiger charge is 2.30. The number of amides is 1. The molecule has 4 aromatic rings. The van der Waals surface area contributed by atoms with Crippen LogP contribution in [0.15, 0.2) is 63.5 Å².